The Morgan fingerprint density at radius 3 is 2.58 bits per heavy atom. The second-order valence-corrected chi connectivity index (χ2v) is 10.7. The molecule has 2 atom stereocenters. The minimum absolute atomic E-state index is 0.0471. The molecule has 1 aliphatic rings. The Hall–Kier alpha value is -3.77. The van der Waals surface area contributed by atoms with Crippen LogP contribution in [0.2, 0.25) is 0 Å². The average molecular weight is 576 g/mol. The van der Waals surface area contributed by atoms with E-state index < -0.39 is 35.7 Å². The van der Waals surface area contributed by atoms with Crippen molar-refractivity contribution in [1.82, 2.24) is 15.3 Å². The van der Waals surface area contributed by atoms with Crippen molar-refractivity contribution in [3.8, 4) is 22.8 Å². The van der Waals surface area contributed by atoms with Gasteiger partial charge < -0.3 is 19.9 Å². The minimum atomic E-state index is -5.21. The topological polar surface area (TPSA) is 93.6 Å². The van der Waals surface area contributed by atoms with Gasteiger partial charge in [0.25, 0.3) is 5.91 Å². The molecular weight excluding hydrogens is 550 g/mol. The highest BCUT2D eigenvalue weighted by molar-refractivity contribution is 7.18. The summed E-state index contributed by atoms with van der Waals surface area (Å²) in [6.07, 6.45) is -4.64. The fourth-order valence-electron chi connectivity index (χ4n) is 4.68. The van der Waals surface area contributed by atoms with E-state index in [-0.39, 0.29) is 29.5 Å². The second-order valence-electron chi connectivity index (χ2n) is 9.50. The van der Waals surface area contributed by atoms with E-state index >= 15 is 0 Å². The van der Waals surface area contributed by atoms with E-state index in [0.29, 0.717) is 33.5 Å². The van der Waals surface area contributed by atoms with Crippen molar-refractivity contribution in [2.45, 2.75) is 38.0 Å². The number of alkyl halides is 3. The van der Waals surface area contributed by atoms with Crippen LogP contribution in [0.3, 0.4) is 0 Å². The molecule has 0 saturated carbocycles. The number of benzene rings is 2. The van der Waals surface area contributed by atoms with E-state index in [1.165, 1.54) is 48.8 Å². The number of nitrogens with zero attached hydrogens (tertiary/aromatic N) is 2. The molecule has 0 bridgehead atoms. The molecule has 12 heteroatoms. The Morgan fingerprint density at radius 1 is 1.20 bits per heavy atom. The monoisotopic (exact) mass is 575 g/mol. The van der Waals surface area contributed by atoms with E-state index in [0.717, 1.165) is 17.1 Å². The Morgan fingerprint density at radius 2 is 1.93 bits per heavy atom. The number of rotatable bonds is 7. The van der Waals surface area contributed by atoms with Gasteiger partial charge in [0.1, 0.15) is 28.5 Å². The molecule has 5 rings (SSSR count). The van der Waals surface area contributed by atoms with Crippen LogP contribution in [0.15, 0.2) is 42.5 Å². The third-order valence-corrected chi connectivity index (χ3v) is 7.85. The second kappa shape index (κ2) is 10.3. The number of nitrogens with one attached hydrogen (secondary N) is 1. The van der Waals surface area contributed by atoms with Gasteiger partial charge in [-0.2, -0.15) is 13.2 Å². The Labute approximate surface area is 230 Å². The van der Waals surface area contributed by atoms with Crippen LogP contribution in [0, 0.1) is 12.7 Å². The van der Waals surface area contributed by atoms with Crippen molar-refractivity contribution in [3.05, 3.63) is 70.1 Å². The first-order valence-corrected chi connectivity index (χ1v) is 13.2. The smallest absolute Gasteiger partial charge is 0.424 e. The summed E-state index contributed by atoms with van der Waals surface area (Å²) in [5.41, 5.74) is -2.83. The molecule has 0 aliphatic carbocycles. The van der Waals surface area contributed by atoms with Crippen molar-refractivity contribution in [2.75, 3.05) is 20.3 Å². The maximum absolute atomic E-state index is 14.5. The molecule has 1 amide bonds. The molecule has 0 radical (unpaired) electrons. The number of carbonyl (C=O) groups excluding carboxylic acids is 1. The van der Waals surface area contributed by atoms with Crippen LogP contribution in [0.25, 0.3) is 21.5 Å². The van der Waals surface area contributed by atoms with Gasteiger partial charge in [-0.25, -0.2) is 14.4 Å². The summed E-state index contributed by atoms with van der Waals surface area (Å²) in [5.74, 6) is -1.01. The summed E-state index contributed by atoms with van der Waals surface area (Å²) < 4.78 is 68.9. The zero-order valence-corrected chi connectivity index (χ0v) is 22.5. The normalized spacial score (nSPS) is 16.4. The van der Waals surface area contributed by atoms with Gasteiger partial charge in [0.2, 0.25) is 5.60 Å². The number of methoxy groups -OCH3 is 1. The van der Waals surface area contributed by atoms with Crippen LogP contribution in [-0.2, 0) is 5.60 Å². The fourth-order valence-corrected chi connectivity index (χ4v) is 5.56. The molecule has 2 N–H and O–H groups in total. The quantitative estimate of drug-likeness (QED) is 0.268. The summed E-state index contributed by atoms with van der Waals surface area (Å²) in [4.78, 5) is 21.6. The van der Waals surface area contributed by atoms with Gasteiger partial charge in [-0.15, -0.1) is 11.3 Å². The van der Waals surface area contributed by atoms with Crippen LogP contribution in [0.4, 0.5) is 17.6 Å². The largest absolute Gasteiger partial charge is 0.494 e. The number of aliphatic hydroxyl groups is 1. The van der Waals surface area contributed by atoms with Crippen molar-refractivity contribution >= 4 is 27.5 Å². The maximum atomic E-state index is 14.5. The van der Waals surface area contributed by atoms with E-state index in [2.05, 4.69) is 15.3 Å². The number of thiazole rings is 1. The van der Waals surface area contributed by atoms with Crippen molar-refractivity contribution in [2.24, 2.45) is 0 Å². The van der Waals surface area contributed by atoms with Gasteiger partial charge in [0.05, 0.1) is 35.7 Å². The number of pyridine rings is 1. The molecule has 40 heavy (non-hydrogen) atoms. The van der Waals surface area contributed by atoms with Crippen molar-refractivity contribution in [3.63, 3.8) is 0 Å². The predicted octanol–water partition coefficient (Wildman–Crippen LogP) is 5.88. The number of carbonyl (C=O) groups is 1. The number of hydrogen-bond donors (Lipinski definition) is 2. The lowest BCUT2D eigenvalue weighted by atomic mass is 9.91. The number of fused-ring (bicyclic) bond motifs is 2. The number of aryl methyl sites for hydroxylation is 1. The lowest BCUT2D eigenvalue weighted by Crippen LogP contribution is -2.51. The number of hydrogen-bond acceptors (Lipinski definition) is 7. The molecule has 0 fully saturated rings. The first-order chi connectivity index (χ1) is 18.9. The number of aromatic nitrogens is 2. The Kier molecular flexibility index (Phi) is 7.17. The zero-order valence-electron chi connectivity index (χ0n) is 21.7. The highest BCUT2D eigenvalue weighted by Gasteiger charge is 2.57. The fraction of sp³-hybridized carbons (Fsp3) is 0.321. The molecule has 1 aliphatic heterocycles. The van der Waals surface area contributed by atoms with E-state index in [1.54, 1.807) is 6.92 Å². The summed E-state index contributed by atoms with van der Waals surface area (Å²) in [6, 6.07) is 9.15. The SMILES string of the molecule is CC[C@@H]1COc2c1cc([C@@](O)(CNC(=O)c1cc(OC)c3nc(C)sc3c1)C(F)(F)F)nc2-c1ccc(F)cc1. The summed E-state index contributed by atoms with van der Waals surface area (Å²) in [5, 5.41) is 14.1. The number of ether oxygens (including phenoxy) is 2. The van der Waals surface area contributed by atoms with Crippen LogP contribution in [-0.4, -0.2) is 47.4 Å². The summed E-state index contributed by atoms with van der Waals surface area (Å²) in [7, 11) is 1.40. The molecule has 0 spiro atoms. The van der Waals surface area contributed by atoms with Gasteiger partial charge in [-0.05, 0) is 55.8 Å². The van der Waals surface area contributed by atoms with Crippen LogP contribution < -0.4 is 14.8 Å². The molecule has 210 valence electrons. The maximum Gasteiger partial charge on any atom is 0.424 e. The molecule has 0 saturated heterocycles. The third kappa shape index (κ3) is 4.86. The average Bonchev–Trinajstić information content (AvgIpc) is 3.52. The van der Waals surface area contributed by atoms with Gasteiger partial charge >= 0.3 is 6.18 Å². The number of amides is 1. The summed E-state index contributed by atoms with van der Waals surface area (Å²) >= 11 is 1.31. The van der Waals surface area contributed by atoms with E-state index in [4.69, 9.17) is 9.47 Å². The zero-order chi connectivity index (χ0) is 28.8. The van der Waals surface area contributed by atoms with Crippen LogP contribution >= 0.6 is 11.3 Å². The summed E-state index contributed by atoms with van der Waals surface area (Å²) in [6.45, 7) is 2.68. The van der Waals surface area contributed by atoms with Crippen LogP contribution in [0.1, 0.15) is 45.9 Å². The van der Waals surface area contributed by atoms with Gasteiger partial charge in [0, 0.05) is 22.6 Å². The molecule has 0 unspecified atom stereocenters. The Bertz CT molecular complexity index is 1590. The first kappa shape index (κ1) is 27.8. The lowest BCUT2D eigenvalue weighted by Gasteiger charge is -2.31. The standard InChI is InChI=1S/C28H25F4N3O4S/c1-4-15-12-39-25-19(15)11-22(35-23(25)16-5-7-18(29)8-6-16)27(37,28(30,31)32)13-33-26(36)17-9-20(38-3)24-21(10-17)40-14(2)34-24/h5-11,15,37H,4,12-13H2,1-3H3,(H,33,36)/t15-,27+/m1/s1. The highest BCUT2D eigenvalue weighted by atomic mass is 32.1. The van der Waals surface area contributed by atoms with Crippen LogP contribution in [0.5, 0.6) is 11.5 Å². The minimum Gasteiger partial charge on any atom is -0.494 e. The molecule has 7 nitrogen and oxygen atoms in total. The molecule has 3 heterocycles. The lowest BCUT2D eigenvalue weighted by molar-refractivity contribution is -0.265. The van der Waals surface area contributed by atoms with Gasteiger partial charge in [-0.1, -0.05) is 6.92 Å². The predicted molar refractivity (Wildman–Crippen MR) is 141 cm³/mol. The molecule has 2 aromatic carbocycles. The Balaban J connectivity index is 1.54. The van der Waals surface area contributed by atoms with E-state index in [1.807, 2.05) is 6.92 Å². The molecular formula is C28H25F4N3O4S. The van der Waals surface area contributed by atoms with Crippen molar-refractivity contribution in [1.29, 1.82) is 0 Å². The first-order valence-electron chi connectivity index (χ1n) is 12.4. The highest BCUT2D eigenvalue weighted by Crippen LogP contribution is 2.46. The number of halogens is 4. The van der Waals surface area contributed by atoms with Crippen molar-refractivity contribution < 1.29 is 36.9 Å². The van der Waals surface area contributed by atoms with Gasteiger partial charge in [0.15, 0.2) is 0 Å². The molecule has 2 aromatic heterocycles. The van der Waals surface area contributed by atoms with E-state index in [9.17, 15) is 27.5 Å². The third-order valence-electron chi connectivity index (χ3n) is 6.93. The molecule has 4 aromatic rings. The van der Waals surface area contributed by atoms with Gasteiger partial charge in [-0.3, -0.25) is 4.79 Å².